The Morgan fingerprint density at radius 3 is 2.79 bits per heavy atom. The standard InChI is InChI=1S/C15H21N3O/c1-4-19-15-13-6-5-7-14(12(13)8-9-17-15)16-10-11-18(2)3/h5-9,16H,4,10-11H2,1-3H3. The summed E-state index contributed by atoms with van der Waals surface area (Å²) in [6, 6.07) is 8.19. The summed E-state index contributed by atoms with van der Waals surface area (Å²) in [6.07, 6.45) is 1.80. The Labute approximate surface area is 114 Å². The van der Waals surface area contributed by atoms with E-state index in [-0.39, 0.29) is 0 Å². The van der Waals surface area contributed by atoms with E-state index in [9.17, 15) is 0 Å². The van der Waals surface area contributed by atoms with Crippen molar-refractivity contribution in [1.82, 2.24) is 9.88 Å². The SMILES string of the molecule is CCOc1nccc2c(NCCN(C)C)cccc12. The lowest BCUT2D eigenvalue weighted by Gasteiger charge is -2.14. The molecule has 1 aromatic heterocycles. The third-order valence-electron chi connectivity index (χ3n) is 2.93. The summed E-state index contributed by atoms with van der Waals surface area (Å²) in [7, 11) is 4.14. The molecule has 0 atom stereocenters. The average Bonchev–Trinajstić information content (AvgIpc) is 2.39. The zero-order valence-corrected chi connectivity index (χ0v) is 11.8. The van der Waals surface area contributed by atoms with Gasteiger partial charge < -0.3 is 15.0 Å². The maximum Gasteiger partial charge on any atom is 0.221 e. The highest BCUT2D eigenvalue weighted by Gasteiger charge is 2.06. The molecule has 0 saturated carbocycles. The van der Waals surface area contributed by atoms with Crippen LogP contribution < -0.4 is 10.1 Å². The molecule has 2 aromatic rings. The second-order valence-corrected chi connectivity index (χ2v) is 4.68. The minimum atomic E-state index is 0.629. The Morgan fingerprint density at radius 2 is 2.05 bits per heavy atom. The van der Waals surface area contributed by atoms with E-state index in [0.717, 1.165) is 29.5 Å². The third-order valence-corrected chi connectivity index (χ3v) is 2.93. The van der Waals surface area contributed by atoms with Gasteiger partial charge in [0.1, 0.15) is 0 Å². The van der Waals surface area contributed by atoms with Gasteiger partial charge in [0.15, 0.2) is 0 Å². The number of rotatable bonds is 6. The quantitative estimate of drug-likeness (QED) is 0.865. The van der Waals surface area contributed by atoms with Crippen LogP contribution in [0.3, 0.4) is 0 Å². The molecule has 0 bridgehead atoms. The summed E-state index contributed by atoms with van der Waals surface area (Å²) in [5.41, 5.74) is 1.13. The van der Waals surface area contributed by atoms with Crippen molar-refractivity contribution in [3.05, 3.63) is 30.5 Å². The van der Waals surface area contributed by atoms with Crippen molar-refractivity contribution in [3.63, 3.8) is 0 Å². The Kier molecular flexibility index (Phi) is 4.58. The van der Waals surface area contributed by atoms with Crippen molar-refractivity contribution in [1.29, 1.82) is 0 Å². The van der Waals surface area contributed by atoms with Gasteiger partial charge in [-0.2, -0.15) is 0 Å². The highest BCUT2D eigenvalue weighted by Crippen LogP contribution is 2.28. The Balaban J connectivity index is 2.27. The molecule has 19 heavy (non-hydrogen) atoms. The molecule has 0 unspecified atom stereocenters. The summed E-state index contributed by atoms with van der Waals surface area (Å²) in [6.45, 7) is 4.52. The lowest BCUT2D eigenvalue weighted by molar-refractivity contribution is 0.331. The van der Waals surface area contributed by atoms with Crippen LogP contribution in [0.15, 0.2) is 30.5 Å². The first kappa shape index (κ1) is 13.6. The molecular weight excluding hydrogens is 238 g/mol. The van der Waals surface area contributed by atoms with E-state index >= 15 is 0 Å². The summed E-state index contributed by atoms with van der Waals surface area (Å²) in [5.74, 6) is 0.705. The van der Waals surface area contributed by atoms with Crippen molar-refractivity contribution < 1.29 is 4.74 Å². The normalized spacial score (nSPS) is 10.9. The van der Waals surface area contributed by atoms with Crippen molar-refractivity contribution in [2.75, 3.05) is 39.1 Å². The van der Waals surface area contributed by atoms with Crippen molar-refractivity contribution in [2.45, 2.75) is 6.92 Å². The van der Waals surface area contributed by atoms with Gasteiger partial charge in [-0.3, -0.25) is 0 Å². The molecule has 2 rings (SSSR count). The molecule has 1 aromatic carbocycles. The fraction of sp³-hybridized carbons (Fsp3) is 0.400. The van der Waals surface area contributed by atoms with Gasteiger partial charge >= 0.3 is 0 Å². The van der Waals surface area contributed by atoms with Gasteiger partial charge in [-0.25, -0.2) is 4.98 Å². The van der Waals surface area contributed by atoms with E-state index in [1.807, 2.05) is 25.1 Å². The maximum atomic E-state index is 5.57. The minimum absolute atomic E-state index is 0.629. The van der Waals surface area contributed by atoms with Crippen molar-refractivity contribution >= 4 is 16.5 Å². The van der Waals surface area contributed by atoms with Crippen LogP contribution in [-0.2, 0) is 0 Å². The largest absolute Gasteiger partial charge is 0.478 e. The van der Waals surface area contributed by atoms with E-state index in [0.29, 0.717) is 12.5 Å². The van der Waals surface area contributed by atoms with Crippen LogP contribution in [0.4, 0.5) is 5.69 Å². The van der Waals surface area contributed by atoms with Crippen LogP contribution in [0, 0.1) is 0 Å². The first-order chi connectivity index (χ1) is 9.22. The summed E-state index contributed by atoms with van der Waals surface area (Å²) < 4.78 is 5.57. The van der Waals surface area contributed by atoms with Gasteiger partial charge in [-0.15, -0.1) is 0 Å². The Hall–Kier alpha value is -1.81. The number of fused-ring (bicyclic) bond motifs is 1. The lowest BCUT2D eigenvalue weighted by atomic mass is 10.1. The second kappa shape index (κ2) is 6.38. The van der Waals surface area contributed by atoms with Crippen LogP contribution in [0.5, 0.6) is 5.88 Å². The summed E-state index contributed by atoms with van der Waals surface area (Å²) in [4.78, 5) is 6.45. The molecule has 1 N–H and O–H groups in total. The maximum absolute atomic E-state index is 5.57. The van der Waals surface area contributed by atoms with Crippen LogP contribution in [-0.4, -0.2) is 43.7 Å². The predicted octanol–water partition coefficient (Wildman–Crippen LogP) is 2.61. The highest BCUT2D eigenvalue weighted by molar-refractivity contribution is 5.96. The first-order valence-electron chi connectivity index (χ1n) is 6.61. The Morgan fingerprint density at radius 1 is 1.21 bits per heavy atom. The molecule has 0 aliphatic heterocycles. The van der Waals surface area contributed by atoms with E-state index in [1.54, 1.807) is 6.20 Å². The monoisotopic (exact) mass is 259 g/mol. The number of anilines is 1. The van der Waals surface area contributed by atoms with Gasteiger partial charge in [0.05, 0.1) is 6.61 Å². The van der Waals surface area contributed by atoms with Gasteiger partial charge in [-0.1, -0.05) is 6.07 Å². The lowest BCUT2D eigenvalue weighted by Crippen LogP contribution is -2.20. The molecule has 0 spiro atoms. The third kappa shape index (κ3) is 3.35. The smallest absolute Gasteiger partial charge is 0.221 e. The summed E-state index contributed by atoms with van der Waals surface area (Å²) in [5, 5.41) is 5.67. The average molecular weight is 259 g/mol. The number of pyridine rings is 1. The molecular formula is C15H21N3O. The topological polar surface area (TPSA) is 37.4 Å². The molecule has 0 aliphatic carbocycles. The molecule has 0 saturated heterocycles. The zero-order valence-electron chi connectivity index (χ0n) is 11.8. The molecule has 102 valence electrons. The van der Waals surface area contributed by atoms with Crippen LogP contribution in [0.2, 0.25) is 0 Å². The fourth-order valence-electron chi connectivity index (χ4n) is 2.00. The molecule has 0 amide bonds. The Bertz CT molecular complexity index is 540. The van der Waals surface area contributed by atoms with Gasteiger partial charge in [0.25, 0.3) is 0 Å². The van der Waals surface area contributed by atoms with Crippen molar-refractivity contribution in [3.8, 4) is 5.88 Å². The van der Waals surface area contributed by atoms with E-state index in [4.69, 9.17) is 4.74 Å². The zero-order chi connectivity index (χ0) is 13.7. The summed E-state index contributed by atoms with van der Waals surface area (Å²) >= 11 is 0. The number of nitrogens with zero attached hydrogens (tertiary/aromatic N) is 2. The molecule has 4 nitrogen and oxygen atoms in total. The molecule has 1 heterocycles. The van der Waals surface area contributed by atoms with Gasteiger partial charge in [0.2, 0.25) is 5.88 Å². The van der Waals surface area contributed by atoms with Crippen LogP contribution in [0.25, 0.3) is 10.8 Å². The molecule has 4 heteroatoms. The van der Waals surface area contributed by atoms with E-state index in [1.165, 1.54) is 0 Å². The molecule has 0 fully saturated rings. The van der Waals surface area contributed by atoms with Crippen LogP contribution in [0.1, 0.15) is 6.92 Å². The number of hydrogen-bond acceptors (Lipinski definition) is 4. The number of benzene rings is 1. The number of likely N-dealkylation sites (N-methyl/N-ethyl adjacent to an activating group) is 1. The second-order valence-electron chi connectivity index (χ2n) is 4.68. The number of hydrogen-bond donors (Lipinski definition) is 1. The predicted molar refractivity (Wildman–Crippen MR) is 80.0 cm³/mol. The fourth-order valence-corrected chi connectivity index (χ4v) is 2.00. The number of aromatic nitrogens is 1. The van der Waals surface area contributed by atoms with Crippen molar-refractivity contribution in [2.24, 2.45) is 0 Å². The van der Waals surface area contributed by atoms with Gasteiger partial charge in [0, 0.05) is 35.7 Å². The number of nitrogens with one attached hydrogen (secondary N) is 1. The molecule has 0 aliphatic rings. The molecule has 0 radical (unpaired) electrons. The van der Waals surface area contributed by atoms with E-state index in [2.05, 4.69) is 35.4 Å². The number of ether oxygens (including phenoxy) is 1. The van der Waals surface area contributed by atoms with Crippen LogP contribution >= 0.6 is 0 Å². The van der Waals surface area contributed by atoms with E-state index < -0.39 is 0 Å². The first-order valence-corrected chi connectivity index (χ1v) is 6.61. The minimum Gasteiger partial charge on any atom is -0.478 e. The highest BCUT2D eigenvalue weighted by atomic mass is 16.5. The van der Waals surface area contributed by atoms with Gasteiger partial charge in [-0.05, 0) is 39.2 Å².